The molecule has 4 rings (SSSR count). The van der Waals surface area contributed by atoms with E-state index in [0.29, 0.717) is 54.0 Å². The van der Waals surface area contributed by atoms with Crippen LogP contribution in [-0.4, -0.2) is 57.1 Å². The predicted octanol–water partition coefficient (Wildman–Crippen LogP) is 2.26. The molecule has 1 unspecified atom stereocenters. The lowest BCUT2D eigenvalue weighted by Gasteiger charge is -2.34. The van der Waals surface area contributed by atoms with E-state index in [1.165, 1.54) is 0 Å². The Kier molecular flexibility index (Phi) is 5.42. The average Bonchev–Trinajstić information content (AvgIpc) is 3.22. The number of rotatable bonds is 4. The summed E-state index contributed by atoms with van der Waals surface area (Å²) >= 11 is 6.10. The maximum atomic E-state index is 12.9. The van der Waals surface area contributed by atoms with E-state index >= 15 is 0 Å². The molecule has 9 heteroatoms. The van der Waals surface area contributed by atoms with Gasteiger partial charge in [0.15, 0.2) is 6.61 Å². The Morgan fingerprint density at radius 1 is 1.33 bits per heavy atom. The summed E-state index contributed by atoms with van der Waals surface area (Å²) in [6.07, 6.45) is 1.46. The zero-order chi connectivity index (χ0) is 21.4. The van der Waals surface area contributed by atoms with Crippen molar-refractivity contribution in [3.05, 3.63) is 57.7 Å². The fourth-order valence-electron chi connectivity index (χ4n) is 4.02. The van der Waals surface area contributed by atoms with Crippen molar-refractivity contribution in [2.75, 3.05) is 26.7 Å². The van der Waals surface area contributed by atoms with Gasteiger partial charge in [0.25, 0.3) is 5.91 Å². The standard InChI is InChI=1S/C21H23ClN4O4/c1-13-18-19(28)21(29)23-20(26(18)11-10-24(13)2)15-7-5-9-25(15)17(27)12-30-16-8-4-3-6-14(16)22/h3-4,6,8,15,28H,1,5,7,9-12H2,2H3. The highest BCUT2D eigenvalue weighted by Crippen LogP contribution is 2.35. The largest absolute Gasteiger partial charge is 0.501 e. The predicted molar refractivity (Wildman–Crippen MR) is 112 cm³/mol. The van der Waals surface area contributed by atoms with Crippen molar-refractivity contribution >= 4 is 23.2 Å². The lowest BCUT2D eigenvalue weighted by atomic mass is 10.1. The molecule has 158 valence electrons. The van der Waals surface area contributed by atoms with E-state index < -0.39 is 11.3 Å². The molecule has 2 aliphatic heterocycles. The Morgan fingerprint density at radius 2 is 2.10 bits per heavy atom. The quantitative estimate of drug-likeness (QED) is 0.800. The summed E-state index contributed by atoms with van der Waals surface area (Å²) in [5.41, 5.74) is 0.210. The second-order valence-corrected chi connectivity index (χ2v) is 7.86. The number of hydrogen-bond acceptors (Lipinski definition) is 6. The van der Waals surface area contributed by atoms with Gasteiger partial charge in [0, 0.05) is 26.7 Å². The van der Waals surface area contributed by atoms with Gasteiger partial charge in [-0.25, -0.2) is 0 Å². The van der Waals surface area contributed by atoms with Gasteiger partial charge in [0.05, 0.1) is 16.8 Å². The van der Waals surface area contributed by atoms with Crippen molar-refractivity contribution in [1.29, 1.82) is 0 Å². The minimum Gasteiger partial charge on any atom is -0.501 e. The normalized spacial score (nSPS) is 18.5. The summed E-state index contributed by atoms with van der Waals surface area (Å²) in [6, 6.07) is 6.61. The summed E-state index contributed by atoms with van der Waals surface area (Å²) in [6.45, 7) is 5.58. The molecule has 1 fully saturated rings. The van der Waals surface area contributed by atoms with E-state index in [0.717, 1.165) is 6.42 Å². The number of aromatic hydroxyl groups is 1. The third kappa shape index (κ3) is 3.52. The molecule has 1 saturated heterocycles. The van der Waals surface area contributed by atoms with Gasteiger partial charge in [-0.3, -0.25) is 9.59 Å². The summed E-state index contributed by atoms with van der Waals surface area (Å²) in [5, 5.41) is 10.8. The molecule has 1 atom stereocenters. The van der Waals surface area contributed by atoms with Crippen LogP contribution in [0, 0.1) is 0 Å². The molecule has 3 heterocycles. The van der Waals surface area contributed by atoms with Gasteiger partial charge in [-0.15, -0.1) is 0 Å². The van der Waals surface area contributed by atoms with E-state index in [9.17, 15) is 14.7 Å². The molecule has 30 heavy (non-hydrogen) atoms. The third-order valence-electron chi connectivity index (χ3n) is 5.64. The Labute approximate surface area is 179 Å². The van der Waals surface area contributed by atoms with Crippen molar-refractivity contribution < 1.29 is 14.6 Å². The van der Waals surface area contributed by atoms with Gasteiger partial charge in [-0.2, -0.15) is 4.98 Å². The zero-order valence-corrected chi connectivity index (χ0v) is 17.4. The second-order valence-electron chi connectivity index (χ2n) is 7.46. The molecule has 1 N–H and O–H groups in total. The molecule has 1 aromatic carbocycles. The number of halogens is 1. The zero-order valence-electron chi connectivity index (χ0n) is 16.7. The highest BCUT2D eigenvalue weighted by Gasteiger charge is 2.36. The van der Waals surface area contributed by atoms with Crippen LogP contribution in [-0.2, 0) is 11.3 Å². The van der Waals surface area contributed by atoms with Gasteiger partial charge in [0.2, 0.25) is 5.75 Å². The first-order valence-electron chi connectivity index (χ1n) is 9.79. The smallest absolute Gasteiger partial charge is 0.315 e. The van der Waals surface area contributed by atoms with Gasteiger partial charge < -0.3 is 24.2 Å². The number of benzene rings is 1. The van der Waals surface area contributed by atoms with Crippen LogP contribution in [0.5, 0.6) is 11.5 Å². The van der Waals surface area contributed by atoms with Gasteiger partial charge in [0.1, 0.15) is 17.3 Å². The van der Waals surface area contributed by atoms with Gasteiger partial charge >= 0.3 is 5.56 Å². The maximum Gasteiger partial charge on any atom is 0.315 e. The van der Waals surface area contributed by atoms with Crippen LogP contribution in [0.15, 0.2) is 35.6 Å². The number of hydrogen-bond donors (Lipinski definition) is 1. The number of likely N-dealkylation sites (N-methyl/N-ethyl adjacent to an activating group) is 1. The lowest BCUT2D eigenvalue weighted by molar-refractivity contribution is -0.134. The molecule has 1 aromatic heterocycles. The number of nitrogens with zero attached hydrogens (tertiary/aromatic N) is 4. The topological polar surface area (TPSA) is 87.9 Å². The van der Waals surface area contributed by atoms with Crippen molar-refractivity contribution in [2.24, 2.45) is 0 Å². The second kappa shape index (κ2) is 8.02. The first kappa shape index (κ1) is 20.3. The summed E-state index contributed by atoms with van der Waals surface area (Å²) in [5.74, 6) is 0.304. The molecule has 8 nitrogen and oxygen atoms in total. The van der Waals surface area contributed by atoms with Crippen LogP contribution in [0.1, 0.15) is 30.4 Å². The Bertz CT molecular complexity index is 1070. The number of para-hydroxylation sites is 1. The highest BCUT2D eigenvalue weighted by atomic mass is 35.5. The monoisotopic (exact) mass is 430 g/mol. The first-order valence-corrected chi connectivity index (χ1v) is 10.2. The molecular weight excluding hydrogens is 408 g/mol. The molecule has 0 aliphatic carbocycles. The number of fused-ring (bicyclic) bond motifs is 1. The van der Waals surface area contributed by atoms with Crippen LogP contribution in [0.3, 0.4) is 0 Å². The fraction of sp³-hybridized carbons (Fsp3) is 0.381. The summed E-state index contributed by atoms with van der Waals surface area (Å²) in [7, 11) is 1.85. The van der Waals surface area contributed by atoms with E-state index in [4.69, 9.17) is 16.3 Å². The third-order valence-corrected chi connectivity index (χ3v) is 5.95. The molecule has 0 saturated carbocycles. The molecular formula is C21H23ClN4O4. The summed E-state index contributed by atoms with van der Waals surface area (Å²) in [4.78, 5) is 33.0. The van der Waals surface area contributed by atoms with Crippen LogP contribution in [0.25, 0.3) is 5.70 Å². The average molecular weight is 431 g/mol. The van der Waals surface area contributed by atoms with E-state index in [2.05, 4.69) is 11.6 Å². The van der Waals surface area contributed by atoms with Crippen LogP contribution < -0.4 is 10.3 Å². The van der Waals surface area contributed by atoms with Crippen molar-refractivity contribution in [1.82, 2.24) is 19.4 Å². The molecule has 2 aromatic rings. The number of aromatic nitrogens is 2. The first-order chi connectivity index (χ1) is 14.4. The van der Waals surface area contributed by atoms with Gasteiger partial charge in [-0.1, -0.05) is 30.3 Å². The number of amides is 1. The number of carbonyl (C=O) groups is 1. The van der Waals surface area contributed by atoms with E-state index in [1.807, 2.05) is 16.5 Å². The van der Waals surface area contributed by atoms with Crippen molar-refractivity contribution in [2.45, 2.75) is 25.4 Å². The number of ether oxygens (including phenoxy) is 1. The highest BCUT2D eigenvalue weighted by molar-refractivity contribution is 6.32. The Balaban J connectivity index is 1.62. The molecule has 0 radical (unpaired) electrons. The number of carbonyl (C=O) groups excluding carboxylic acids is 1. The van der Waals surface area contributed by atoms with Crippen molar-refractivity contribution in [3.8, 4) is 11.5 Å². The minimum absolute atomic E-state index is 0.162. The maximum absolute atomic E-state index is 12.9. The fourth-order valence-corrected chi connectivity index (χ4v) is 4.21. The van der Waals surface area contributed by atoms with Crippen LogP contribution in [0.2, 0.25) is 5.02 Å². The van der Waals surface area contributed by atoms with Crippen molar-refractivity contribution in [3.63, 3.8) is 0 Å². The Morgan fingerprint density at radius 3 is 2.87 bits per heavy atom. The molecule has 0 bridgehead atoms. The van der Waals surface area contributed by atoms with E-state index in [1.54, 1.807) is 29.2 Å². The van der Waals surface area contributed by atoms with Gasteiger partial charge in [-0.05, 0) is 25.0 Å². The molecule has 0 spiro atoms. The van der Waals surface area contributed by atoms with Crippen LogP contribution in [0.4, 0.5) is 0 Å². The SMILES string of the molecule is C=C1c2c(O)c(=O)nc(C3CCCN3C(=O)COc3ccccc3Cl)n2CCN1C. The summed E-state index contributed by atoms with van der Waals surface area (Å²) < 4.78 is 7.42. The lowest BCUT2D eigenvalue weighted by Crippen LogP contribution is -2.40. The molecule has 1 amide bonds. The minimum atomic E-state index is -0.709. The molecule has 2 aliphatic rings. The van der Waals surface area contributed by atoms with Crippen LogP contribution >= 0.6 is 11.6 Å². The Hall–Kier alpha value is -3.00. The van der Waals surface area contributed by atoms with E-state index in [-0.39, 0.29) is 18.6 Å². The number of likely N-dealkylation sites (tertiary alicyclic amines) is 1.